The van der Waals surface area contributed by atoms with E-state index in [2.05, 4.69) is 20.1 Å². The molecule has 1 amide bonds. The van der Waals surface area contributed by atoms with Crippen LogP contribution >= 0.6 is 0 Å². The number of aromatic nitrogens is 4. The van der Waals surface area contributed by atoms with Crippen molar-refractivity contribution in [2.24, 2.45) is 0 Å². The van der Waals surface area contributed by atoms with Gasteiger partial charge in [0.1, 0.15) is 12.3 Å². The highest BCUT2D eigenvalue weighted by Gasteiger charge is 2.29. The van der Waals surface area contributed by atoms with E-state index in [1.165, 1.54) is 12.4 Å². The molecule has 0 radical (unpaired) electrons. The van der Waals surface area contributed by atoms with E-state index in [1.54, 1.807) is 11.1 Å². The van der Waals surface area contributed by atoms with Gasteiger partial charge in [0.25, 0.3) is 11.8 Å². The third-order valence-corrected chi connectivity index (χ3v) is 3.77. The Morgan fingerprint density at radius 1 is 1.48 bits per heavy atom. The first-order chi connectivity index (χ1) is 11.3. The van der Waals surface area contributed by atoms with Crippen LogP contribution < -0.4 is 0 Å². The molecule has 1 unspecified atom stereocenters. The fraction of sp³-hybridized carbons (Fsp3) is 0.533. The second-order valence-corrected chi connectivity index (χ2v) is 5.36. The van der Waals surface area contributed by atoms with Crippen LogP contribution in [0.2, 0.25) is 0 Å². The topological polar surface area (TPSA) is 94.2 Å². The molecular weight excluding hydrogens is 298 g/mol. The van der Waals surface area contributed by atoms with Crippen molar-refractivity contribution in [3.63, 3.8) is 0 Å². The van der Waals surface area contributed by atoms with Crippen molar-refractivity contribution in [1.29, 1.82) is 0 Å². The minimum Gasteiger partial charge on any atom is -0.372 e. The Hall–Kier alpha value is -2.35. The highest BCUT2D eigenvalue weighted by molar-refractivity contribution is 5.92. The first-order valence-electron chi connectivity index (χ1n) is 7.73. The molecule has 8 nitrogen and oxygen atoms in total. The van der Waals surface area contributed by atoms with Gasteiger partial charge in [-0.25, -0.2) is 4.98 Å². The molecule has 0 aromatic carbocycles. The maximum Gasteiger partial charge on any atom is 0.274 e. The molecule has 23 heavy (non-hydrogen) atoms. The van der Waals surface area contributed by atoms with Gasteiger partial charge in [-0.2, -0.15) is 4.98 Å². The zero-order chi connectivity index (χ0) is 16.1. The summed E-state index contributed by atoms with van der Waals surface area (Å²) >= 11 is 0. The molecular formula is C15H19N5O3. The van der Waals surface area contributed by atoms with Gasteiger partial charge in [0.05, 0.1) is 6.20 Å². The molecule has 0 spiro atoms. The molecule has 1 saturated heterocycles. The number of likely N-dealkylation sites (tertiary alicyclic amines) is 1. The van der Waals surface area contributed by atoms with Gasteiger partial charge in [0.2, 0.25) is 0 Å². The van der Waals surface area contributed by atoms with E-state index >= 15 is 0 Å². The number of carbonyl (C=O) groups is 1. The standard InChI is InChI=1S/C15H19N5O3/c1-2-22-10-13-18-14(19-23-13)11-4-3-7-20(9-11)15(21)12-8-16-5-6-17-12/h5-6,8,11H,2-4,7,9-10H2,1H3. The molecule has 0 N–H and O–H groups in total. The molecule has 0 bridgehead atoms. The van der Waals surface area contributed by atoms with Crippen LogP contribution in [0.25, 0.3) is 0 Å². The summed E-state index contributed by atoms with van der Waals surface area (Å²) in [4.78, 5) is 26.6. The normalized spacial score (nSPS) is 18.1. The average Bonchev–Trinajstić information content (AvgIpc) is 3.09. The molecule has 2 aromatic rings. The number of ether oxygens (including phenoxy) is 1. The zero-order valence-electron chi connectivity index (χ0n) is 13.0. The fourth-order valence-corrected chi connectivity index (χ4v) is 2.63. The fourth-order valence-electron chi connectivity index (χ4n) is 2.63. The first-order valence-corrected chi connectivity index (χ1v) is 7.73. The Bertz CT molecular complexity index is 646. The molecule has 1 atom stereocenters. The molecule has 1 aliphatic heterocycles. The third kappa shape index (κ3) is 3.70. The van der Waals surface area contributed by atoms with Crippen molar-refractivity contribution in [2.45, 2.75) is 32.3 Å². The Labute approximate surface area is 133 Å². The van der Waals surface area contributed by atoms with Crippen LogP contribution in [0.5, 0.6) is 0 Å². The molecule has 1 fully saturated rings. The van der Waals surface area contributed by atoms with Crippen molar-refractivity contribution in [3.8, 4) is 0 Å². The summed E-state index contributed by atoms with van der Waals surface area (Å²) in [6, 6.07) is 0. The van der Waals surface area contributed by atoms with Crippen LogP contribution in [0, 0.1) is 0 Å². The smallest absolute Gasteiger partial charge is 0.274 e. The summed E-state index contributed by atoms with van der Waals surface area (Å²) in [5.41, 5.74) is 0.360. The average molecular weight is 317 g/mol. The number of hydrogen-bond donors (Lipinski definition) is 0. The van der Waals surface area contributed by atoms with E-state index < -0.39 is 0 Å². The van der Waals surface area contributed by atoms with Crippen LogP contribution in [-0.2, 0) is 11.3 Å². The molecule has 0 saturated carbocycles. The quantitative estimate of drug-likeness (QED) is 0.823. The Kier molecular flexibility index (Phi) is 4.92. The Balaban J connectivity index is 1.66. The number of amides is 1. The first kappa shape index (κ1) is 15.5. The SMILES string of the molecule is CCOCc1nc(C2CCCN(C(=O)c3cnccn3)C2)no1. The van der Waals surface area contributed by atoms with Crippen LogP contribution in [0.4, 0.5) is 0 Å². The van der Waals surface area contributed by atoms with Crippen LogP contribution in [0.1, 0.15) is 47.9 Å². The lowest BCUT2D eigenvalue weighted by Gasteiger charge is -2.30. The summed E-state index contributed by atoms with van der Waals surface area (Å²) in [6.07, 6.45) is 6.38. The maximum absolute atomic E-state index is 12.5. The van der Waals surface area contributed by atoms with Gasteiger partial charge in [-0.15, -0.1) is 0 Å². The summed E-state index contributed by atoms with van der Waals surface area (Å²) in [6.45, 7) is 4.09. The van der Waals surface area contributed by atoms with Gasteiger partial charge in [0, 0.05) is 38.0 Å². The predicted octanol–water partition coefficient (Wildman–Crippen LogP) is 1.42. The van der Waals surface area contributed by atoms with Crippen molar-refractivity contribution in [1.82, 2.24) is 25.0 Å². The number of hydrogen-bond acceptors (Lipinski definition) is 7. The van der Waals surface area contributed by atoms with Gasteiger partial charge in [-0.1, -0.05) is 5.16 Å². The van der Waals surface area contributed by atoms with Crippen molar-refractivity contribution in [3.05, 3.63) is 36.0 Å². The Morgan fingerprint density at radius 3 is 3.17 bits per heavy atom. The number of carbonyl (C=O) groups excluding carboxylic acids is 1. The maximum atomic E-state index is 12.5. The van der Waals surface area contributed by atoms with Gasteiger partial charge in [-0.3, -0.25) is 9.78 Å². The number of rotatable bonds is 5. The van der Waals surface area contributed by atoms with E-state index in [4.69, 9.17) is 9.26 Å². The van der Waals surface area contributed by atoms with E-state index in [0.717, 1.165) is 12.8 Å². The molecule has 122 valence electrons. The highest BCUT2D eigenvalue weighted by atomic mass is 16.5. The largest absolute Gasteiger partial charge is 0.372 e. The molecule has 0 aliphatic carbocycles. The number of piperidine rings is 1. The van der Waals surface area contributed by atoms with E-state index in [9.17, 15) is 4.79 Å². The lowest BCUT2D eigenvalue weighted by Crippen LogP contribution is -2.39. The summed E-state index contributed by atoms with van der Waals surface area (Å²) in [7, 11) is 0. The predicted molar refractivity (Wildman–Crippen MR) is 79.5 cm³/mol. The molecule has 2 aromatic heterocycles. The zero-order valence-corrected chi connectivity index (χ0v) is 13.0. The van der Waals surface area contributed by atoms with E-state index in [-0.39, 0.29) is 11.8 Å². The number of nitrogens with zero attached hydrogens (tertiary/aromatic N) is 5. The molecule has 1 aliphatic rings. The summed E-state index contributed by atoms with van der Waals surface area (Å²) in [5.74, 6) is 1.07. The third-order valence-electron chi connectivity index (χ3n) is 3.77. The van der Waals surface area contributed by atoms with Crippen LogP contribution in [0.15, 0.2) is 23.1 Å². The van der Waals surface area contributed by atoms with Crippen molar-refractivity contribution in [2.75, 3.05) is 19.7 Å². The van der Waals surface area contributed by atoms with Crippen molar-refractivity contribution < 1.29 is 14.1 Å². The van der Waals surface area contributed by atoms with E-state index in [1.807, 2.05) is 6.92 Å². The minimum absolute atomic E-state index is 0.0727. The second kappa shape index (κ2) is 7.28. The van der Waals surface area contributed by atoms with Gasteiger partial charge in [-0.05, 0) is 19.8 Å². The molecule has 3 heterocycles. The van der Waals surface area contributed by atoms with Crippen molar-refractivity contribution >= 4 is 5.91 Å². The summed E-state index contributed by atoms with van der Waals surface area (Å²) < 4.78 is 10.4. The van der Waals surface area contributed by atoms with Crippen LogP contribution in [0.3, 0.4) is 0 Å². The van der Waals surface area contributed by atoms with Crippen LogP contribution in [-0.4, -0.2) is 50.6 Å². The minimum atomic E-state index is -0.110. The highest BCUT2D eigenvalue weighted by Crippen LogP contribution is 2.25. The van der Waals surface area contributed by atoms with Gasteiger partial charge >= 0.3 is 0 Å². The van der Waals surface area contributed by atoms with E-state index in [0.29, 0.717) is 43.7 Å². The summed E-state index contributed by atoms with van der Waals surface area (Å²) in [5, 5.41) is 4.03. The molecule has 3 rings (SSSR count). The second-order valence-electron chi connectivity index (χ2n) is 5.36. The molecule has 8 heteroatoms. The van der Waals surface area contributed by atoms with Gasteiger partial charge < -0.3 is 14.2 Å². The monoisotopic (exact) mass is 317 g/mol. The van der Waals surface area contributed by atoms with Gasteiger partial charge in [0.15, 0.2) is 5.82 Å². The lowest BCUT2D eigenvalue weighted by atomic mass is 9.97. The Morgan fingerprint density at radius 2 is 2.39 bits per heavy atom. The lowest BCUT2D eigenvalue weighted by molar-refractivity contribution is 0.0697.